The molecular formula is C13H15BrClN3O. The lowest BCUT2D eigenvalue weighted by molar-refractivity contribution is 0.0952. The Morgan fingerprint density at radius 2 is 2.26 bits per heavy atom. The Morgan fingerprint density at radius 1 is 1.42 bits per heavy atom. The van der Waals surface area contributed by atoms with Crippen molar-refractivity contribution in [2.45, 2.75) is 13.0 Å². The van der Waals surface area contributed by atoms with Crippen LogP contribution in [0.15, 0.2) is 47.5 Å². The molecule has 0 aliphatic carbocycles. The van der Waals surface area contributed by atoms with Crippen LogP contribution < -0.4 is 5.32 Å². The average molecular weight is 345 g/mol. The molecule has 1 aromatic carbocycles. The zero-order chi connectivity index (χ0) is 12.8. The molecule has 1 N–H and O–H groups in total. The Labute approximate surface area is 126 Å². The summed E-state index contributed by atoms with van der Waals surface area (Å²) < 4.78 is 2.90. The first-order valence-electron chi connectivity index (χ1n) is 5.75. The summed E-state index contributed by atoms with van der Waals surface area (Å²) in [7, 11) is 0. The summed E-state index contributed by atoms with van der Waals surface area (Å²) >= 11 is 3.35. The van der Waals surface area contributed by atoms with Gasteiger partial charge >= 0.3 is 0 Å². The Kier molecular flexibility index (Phi) is 6.59. The van der Waals surface area contributed by atoms with Gasteiger partial charge in [0.1, 0.15) is 0 Å². The molecule has 19 heavy (non-hydrogen) atoms. The minimum Gasteiger partial charge on any atom is -0.352 e. The first-order valence-corrected chi connectivity index (χ1v) is 6.54. The average Bonchev–Trinajstić information content (AvgIpc) is 2.87. The minimum absolute atomic E-state index is 0. The highest BCUT2D eigenvalue weighted by Crippen LogP contribution is 2.11. The smallest absolute Gasteiger partial charge is 0.251 e. The van der Waals surface area contributed by atoms with Gasteiger partial charge in [-0.15, -0.1) is 12.4 Å². The molecular weight excluding hydrogens is 330 g/mol. The molecule has 0 radical (unpaired) electrons. The number of carbonyl (C=O) groups excluding carboxylic acids is 1. The van der Waals surface area contributed by atoms with Gasteiger partial charge in [-0.05, 0) is 24.6 Å². The Hall–Kier alpha value is -1.33. The minimum atomic E-state index is -0.0399. The quantitative estimate of drug-likeness (QED) is 0.848. The number of amides is 1. The van der Waals surface area contributed by atoms with E-state index in [1.807, 2.05) is 29.0 Å². The number of nitrogens with one attached hydrogen (secondary N) is 1. The van der Waals surface area contributed by atoms with Crippen molar-refractivity contribution in [1.82, 2.24) is 14.9 Å². The molecule has 2 aromatic rings. The molecule has 0 aliphatic heterocycles. The van der Waals surface area contributed by atoms with Gasteiger partial charge < -0.3 is 9.88 Å². The number of hydrogen-bond donors (Lipinski definition) is 1. The topological polar surface area (TPSA) is 46.9 Å². The van der Waals surface area contributed by atoms with Crippen LogP contribution in [0.5, 0.6) is 0 Å². The summed E-state index contributed by atoms with van der Waals surface area (Å²) in [5, 5.41) is 2.90. The molecule has 1 heterocycles. The van der Waals surface area contributed by atoms with Crippen LogP contribution in [0.4, 0.5) is 0 Å². The van der Waals surface area contributed by atoms with Gasteiger partial charge in [0.15, 0.2) is 0 Å². The molecule has 1 aromatic heterocycles. The predicted molar refractivity (Wildman–Crippen MR) is 80.6 cm³/mol. The number of aromatic nitrogens is 2. The lowest BCUT2D eigenvalue weighted by Crippen LogP contribution is -2.25. The summed E-state index contributed by atoms with van der Waals surface area (Å²) in [4.78, 5) is 15.8. The van der Waals surface area contributed by atoms with Crippen LogP contribution in [0, 0.1) is 0 Å². The molecule has 0 spiro atoms. The van der Waals surface area contributed by atoms with Gasteiger partial charge in [0.05, 0.1) is 6.33 Å². The van der Waals surface area contributed by atoms with Crippen LogP contribution in [-0.2, 0) is 6.54 Å². The van der Waals surface area contributed by atoms with Crippen molar-refractivity contribution in [3.63, 3.8) is 0 Å². The normalized spacial score (nSPS) is 9.74. The number of hydrogen-bond acceptors (Lipinski definition) is 2. The van der Waals surface area contributed by atoms with Crippen molar-refractivity contribution in [1.29, 1.82) is 0 Å². The van der Waals surface area contributed by atoms with E-state index in [0.717, 1.165) is 17.4 Å². The Morgan fingerprint density at radius 3 is 2.95 bits per heavy atom. The van der Waals surface area contributed by atoms with Crippen molar-refractivity contribution < 1.29 is 4.79 Å². The van der Waals surface area contributed by atoms with E-state index in [1.165, 1.54) is 0 Å². The molecule has 0 fully saturated rings. The van der Waals surface area contributed by atoms with Crippen molar-refractivity contribution in [3.05, 3.63) is 53.0 Å². The molecule has 0 unspecified atom stereocenters. The molecule has 102 valence electrons. The summed E-state index contributed by atoms with van der Waals surface area (Å²) in [5.41, 5.74) is 0.673. The number of carbonyl (C=O) groups is 1. The van der Waals surface area contributed by atoms with Crippen molar-refractivity contribution in [3.8, 4) is 0 Å². The van der Waals surface area contributed by atoms with Gasteiger partial charge in [-0.2, -0.15) is 0 Å². The van der Waals surface area contributed by atoms with E-state index in [1.54, 1.807) is 18.6 Å². The van der Waals surface area contributed by atoms with Gasteiger partial charge in [0, 0.05) is 35.5 Å². The maximum absolute atomic E-state index is 11.8. The lowest BCUT2D eigenvalue weighted by atomic mass is 10.2. The van der Waals surface area contributed by atoms with Gasteiger partial charge in [0.2, 0.25) is 0 Å². The fraction of sp³-hybridized carbons (Fsp3) is 0.231. The second-order valence-corrected chi connectivity index (χ2v) is 4.84. The van der Waals surface area contributed by atoms with E-state index in [-0.39, 0.29) is 18.3 Å². The summed E-state index contributed by atoms with van der Waals surface area (Å²) in [5.74, 6) is -0.0399. The largest absolute Gasteiger partial charge is 0.352 e. The molecule has 0 bridgehead atoms. The highest BCUT2D eigenvalue weighted by Gasteiger charge is 2.04. The monoisotopic (exact) mass is 343 g/mol. The van der Waals surface area contributed by atoms with E-state index >= 15 is 0 Å². The highest BCUT2D eigenvalue weighted by atomic mass is 79.9. The van der Waals surface area contributed by atoms with Gasteiger partial charge in [-0.1, -0.05) is 22.0 Å². The van der Waals surface area contributed by atoms with Gasteiger partial charge in [0.25, 0.3) is 5.91 Å². The van der Waals surface area contributed by atoms with Crippen LogP contribution in [0.3, 0.4) is 0 Å². The number of benzene rings is 1. The molecule has 6 heteroatoms. The standard InChI is InChI=1S/C13H14BrN3O.ClH/c14-12-4-1-3-11(9-12)13(18)16-5-2-7-17-8-6-15-10-17;/h1,3-4,6,8-10H,2,5,7H2,(H,16,18);1H. The third-order valence-corrected chi connectivity index (χ3v) is 3.02. The number of rotatable bonds is 5. The number of halogens is 2. The van der Waals surface area contributed by atoms with Crippen molar-refractivity contribution in [2.24, 2.45) is 0 Å². The van der Waals surface area contributed by atoms with Gasteiger partial charge in [-0.25, -0.2) is 4.98 Å². The Bertz CT molecular complexity index is 516. The lowest BCUT2D eigenvalue weighted by Gasteiger charge is -2.06. The van der Waals surface area contributed by atoms with E-state index in [2.05, 4.69) is 26.2 Å². The summed E-state index contributed by atoms with van der Waals surface area (Å²) in [6.07, 6.45) is 6.32. The third-order valence-electron chi connectivity index (χ3n) is 2.52. The number of aryl methyl sites for hydroxylation is 1. The summed E-state index contributed by atoms with van der Waals surface area (Å²) in [6, 6.07) is 7.36. The van der Waals surface area contributed by atoms with Crippen molar-refractivity contribution >= 4 is 34.2 Å². The van der Waals surface area contributed by atoms with E-state index < -0.39 is 0 Å². The molecule has 0 atom stereocenters. The number of imidazole rings is 1. The second kappa shape index (κ2) is 7.96. The zero-order valence-corrected chi connectivity index (χ0v) is 12.7. The fourth-order valence-corrected chi connectivity index (χ4v) is 2.01. The van der Waals surface area contributed by atoms with Crippen LogP contribution in [0.1, 0.15) is 16.8 Å². The first kappa shape index (κ1) is 15.7. The molecule has 4 nitrogen and oxygen atoms in total. The van der Waals surface area contributed by atoms with E-state index in [4.69, 9.17) is 0 Å². The molecule has 1 amide bonds. The second-order valence-electron chi connectivity index (χ2n) is 3.92. The molecule has 0 aliphatic rings. The van der Waals surface area contributed by atoms with Gasteiger partial charge in [-0.3, -0.25) is 4.79 Å². The predicted octanol–water partition coefficient (Wildman–Crippen LogP) is 2.89. The van der Waals surface area contributed by atoms with Crippen molar-refractivity contribution in [2.75, 3.05) is 6.54 Å². The van der Waals surface area contributed by atoms with E-state index in [9.17, 15) is 4.79 Å². The van der Waals surface area contributed by atoms with Crippen LogP contribution in [0.2, 0.25) is 0 Å². The SMILES string of the molecule is Cl.O=C(NCCCn1ccnc1)c1cccc(Br)c1. The maximum Gasteiger partial charge on any atom is 0.251 e. The Balaban J connectivity index is 0.00000180. The first-order chi connectivity index (χ1) is 8.75. The van der Waals surface area contributed by atoms with E-state index in [0.29, 0.717) is 12.1 Å². The van der Waals surface area contributed by atoms with Crippen LogP contribution in [-0.4, -0.2) is 22.0 Å². The summed E-state index contributed by atoms with van der Waals surface area (Å²) in [6.45, 7) is 1.52. The fourth-order valence-electron chi connectivity index (χ4n) is 1.61. The van der Waals surface area contributed by atoms with Crippen LogP contribution >= 0.6 is 28.3 Å². The third kappa shape index (κ3) is 5.04. The number of nitrogens with zero attached hydrogens (tertiary/aromatic N) is 2. The molecule has 2 rings (SSSR count). The maximum atomic E-state index is 11.8. The van der Waals surface area contributed by atoms with Crippen LogP contribution in [0.25, 0.3) is 0 Å². The zero-order valence-electron chi connectivity index (χ0n) is 10.3. The highest BCUT2D eigenvalue weighted by molar-refractivity contribution is 9.10. The molecule has 0 saturated heterocycles. The molecule has 0 saturated carbocycles.